The van der Waals surface area contributed by atoms with Gasteiger partial charge in [0.1, 0.15) is 0 Å². The van der Waals surface area contributed by atoms with E-state index < -0.39 is 0 Å². The van der Waals surface area contributed by atoms with Gasteiger partial charge in [-0.1, -0.05) is 32.3 Å². The van der Waals surface area contributed by atoms with Crippen LogP contribution in [-0.2, 0) is 0 Å². The zero-order chi connectivity index (χ0) is 13.0. The molecule has 2 rings (SSSR count). The van der Waals surface area contributed by atoms with Crippen LogP contribution in [0.1, 0.15) is 44.6 Å². The maximum absolute atomic E-state index is 8.98. The molecule has 1 aromatic carbocycles. The number of hydrogen-bond donors (Lipinski definition) is 0. The maximum atomic E-state index is 8.98. The number of hydrogen-bond acceptors (Lipinski definition) is 2. The lowest BCUT2D eigenvalue weighted by Crippen LogP contribution is -2.40. The Morgan fingerprint density at radius 1 is 1.33 bits per heavy atom. The molecule has 1 aromatic rings. The molecule has 1 saturated carbocycles. The molecule has 1 fully saturated rings. The SMILES string of the molecule is CCC1CCCCC1N(C)c1cccc(C#N)c1. The third-order valence-electron chi connectivity index (χ3n) is 4.27. The molecule has 0 radical (unpaired) electrons. The average molecular weight is 242 g/mol. The number of benzene rings is 1. The molecule has 2 atom stereocenters. The lowest BCUT2D eigenvalue weighted by atomic mass is 9.82. The second kappa shape index (κ2) is 5.91. The summed E-state index contributed by atoms with van der Waals surface area (Å²) in [6.07, 6.45) is 6.60. The quantitative estimate of drug-likeness (QED) is 0.802. The Hall–Kier alpha value is -1.49. The summed E-state index contributed by atoms with van der Waals surface area (Å²) in [5.74, 6) is 0.800. The van der Waals surface area contributed by atoms with Gasteiger partial charge in [-0.2, -0.15) is 5.26 Å². The third-order valence-corrected chi connectivity index (χ3v) is 4.27. The van der Waals surface area contributed by atoms with Gasteiger partial charge < -0.3 is 4.90 Å². The van der Waals surface area contributed by atoms with Crippen molar-refractivity contribution < 1.29 is 0 Å². The zero-order valence-corrected chi connectivity index (χ0v) is 11.4. The Morgan fingerprint density at radius 3 is 2.83 bits per heavy atom. The van der Waals surface area contributed by atoms with E-state index in [0.717, 1.165) is 11.5 Å². The van der Waals surface area contributed by atoms with E-state index in [4.69, 9.17) is 5.26 Å². The molecule has 1 aliphatic carbocycles. The van der Waals surface area contributed by atoms with E-state index in [9.17, 15) is 0 Å². The zero-order valence-electron chi connectivity index (χ0n) is 11.4. The second-order valence-electron chi connectivity index (χ2n) is 5.29. The van der Waals surface area contributed by atoms with Crippen LogP contribution >= 0.6 is 0 Å². The van der Waals surface area contributed by atoms with Crippen LogP contribution < -0.4 is 4.90 Å². The molecule has 0 aliphatic heterocycles. The smallest absolute Gasteiger partial charge is 0.0992 e. The van der Waals surface area contributed by atoms with Gasteiger partial charge >= 0.3 is 0 Å². The molecule has 18 heavy (non-hydrogen) atoms. The van der Waals surface area contributed by atoms with Crippen LogP contribution in [0.5, 0.6) is 0 Å². The summed E-state index contributed by atoms with van der Waals surface area (Å²) in [6, 6.07) is 10.8. The fourth-order valence-electron chi connectivity index (χ4n) is 3.16. The highest BCUT2D eigenvalue weighted by Gasteiger charge is 2.27. The monoisotopic (exact) mass is 242 g/mol. The number of anilines is 1. The van der Waals surface area contributed by atoms with Gasteiger partial charge in [-0.15, -0.1) is 0 Å². The van der Waals surface area contributed by atoms with Crippen molar-refractivity contribution in [2.24, 2.45) is 5.92 Å². The highest BCUT2D eigenvalue weighted by Crippen LogP contribution is 2.32. The first-order chi connectivity index (χ1) is 8.76. The van der Waals surface area contributed by atoms with Gasteiger partial charge in [-0.3, -0.25) is 0 Å². The Kier molecular flexibility index (Phi) is 4.25. The number of nitriles is 1. The van der Waals surface area contributed by atoms with E-state index in [-0.39, 0.29) is 0 Å². The van der Waals surface area contributed by atoms with Crippen LogP contribution in [0, 0.1) is 17.2 Å². The number of rotatable bonds is 3. The van der Waals surface area contributed by atoms with Crippen LogP contribution in [0.3, 0.4) is 0 Å². The summed E-state index contributed by atoms with van der Waals surface area (Å²) in [4.78, 5) is 2.38. The molecule has 2 unspecified atom stereocenters. The van der Waals surface area contributed by atoms with Gasteiger partial charge in [-0.25, -0.2) is 0 Å². The Balaban J connectivity index is 2.18. The molecule has 0 saturated heterocycles. The summed E-state index contributed by atoms with van der Waals surface area (Å²) >= 11 is 0. The van der Waals surface area contributed by atoms with Crippen LogP contribution in [0.25, 0.3) is 0 Å². The van der Waals surface area contributed by atoms with Crippen molar-refractivity contribution in [3.63, 3.8) is 0 Å². The highest BCUT2D eigenvalue weighted by molar-refractivity contribution is 5.51. The standard InChI is InChI=1S/C16H22N2/c1-3-14-8-4-5-10-16(14)18(2)15-9-6-7-13(11-15)12-17/h6-7,9,11,14,16H,3-5,8,10H2,1-2H3. The van der Waals surface area contributed by atoms with Crippen LogP contribution in [0.15, 0.2) is 24.3 Å². The van der Waals surface area contributed by atoms with Gasteiger partial charge in [0.15, 0.2) is 0 Å². The van der Waals surface area contributed by atoms with Crippen molar-refractivity contribution in [3.05, 3.63) is 29.8 Å². The van der Waals surface area contributed by atoms with Gasteiger partial charge in [0.05, 0.1) is 11.6 Å². The Morgan fingerprint density at radius 2 is 2.11 bits per heavy atom. The van der Waals surface area contributed by atoms with E-state index >= 15 is 0 Å². The maximum Gasteiger partial charge on any atom is 0.0992 e. The van der Waals surface area contributed by atoms with Gasteiger partial charge in [-0.05, 0) is 37.0 Å². The molecule has 0 amide bonds. The molecule has 0 bridgehead atoms. The molecule has 0 heterocycles. The van der Waals surface area contributed by atoms with Crippen molar-refractivity contribution in [2.75, 3.05) is 11.9 Å². The van der Waals surface area contributed by atoms with Crippen LogP contribution in [0.2, 0.25) is 0 Å². The molecule has 0 spiro atoms. The summed E-state index contributed by atoms with van der Waals surface area (Å²) < 4.78 is 0. The normalized spacial score (nSPS) is 23.4. The van der Waals surface area contributed by atoms with E-state index in [1.54, 1.807) is 0 Å². The highest BCUT2D eigenvalue weighted by atomic mass is 15.1. The first kappa shape index (κ1) is 13.0. The molecular formula is C16H22N2. The van der Waals surface area contributed by atoms with Crippen molar-refractivity contribution >= 4 is 5.69 Å². The van der Waals surface area contributed by atoms with Crippen molar-refractivity contribution in [3.8, 4) is 6.07 Å². The summed E-state index contributed by atoms with van der Waals surface area (Å²) in [6.45, 7) is 2.29. The average Bonchev–Trinajstić information content (AvgIpc) is 2.46. The fourth-order valence-corrected chi connectivity index (χ4v) is 3.16. The van der Waals surface area contributed by atoms with Crippen molar-refractivity contribution in [2.45, 2.75) is 45.1 Å². The minimum Gasteiger partial charge on any atom is -0.371 e. The Bertz CT molecular complexity index is 433. The molecule has 0 N–H and O–H groups in total. The molecule has 1 aliphatic rings. The lowest BCUT2D eigenvalue weighted by Gasteiger charge is -2.39. The third kappa shape index (κ3) is 2.67. The minimum absolute atomic E-state index is 0.637. The van der Waals surface area contributed by atoms with Crippen LogP contribution in [0.4, 0.5) is 5.69 Å². The molecule has 96 valence electrons. The molecule has 0 aromatic heterocycles. The molecule has 2 nitrogen and oxygen atoms in total. The first-order valence-corrected chi connectivity index (χ1v) is 6.99. The Labute approximate surface area is 110 Å². The first-order valence-electron chi connectivity index (χ1n) is 6.99. The van der Waals surface area contributed by atoms with Crippen molar-refractivity contribution in [1.82, 2.24) is 0 Å². The fraction of sp³-hybridized carbons (Fsp3) is 0.562. The summed E-state index contributed by atoms with van der Waals surface area (Å²) in [7, 11) is 2.18. The summed E-state index contributed by atoms with van der Waals surface area (Å²) in [5.41, 5.74) is 1.93. The summed E-state index contributed by atoms with van der Waals surface area (Å²) in [5, 5.41) is 8.98. The lowest BCUT2D eigenvalue weighted by molar-refractivity contribution is 0.292. The van der Waals surface area contributed by atoms with Gasteiger partial charge in [0, 0.05) is 18.8 Å². The van der Waals surface area contributed by atoms with Gasteiger partial charge in [0.25, 0.3) is 0 Å². The largest absolute Gasteiger partial charge is 0.371 e. The molecular weight excluding hydrogens is 220 g/mol. The van der Waals surface area contributed by atoms with E-state index in [1.165, 1.54) is 37.8 Å². The van der Waals surface area contributed by atoms with Crippen LogP contribution in [-0.4, -0.2) is 13.1 Å². The van der Waals surface area contributed by atoms with Gasteiger partial charge in [0.2, 0.25) is 0 Å². The van der Waals surface area contributed by atoms with E-state index in [2.05, 4.69) is 31.0 Å². The predicted molar refractivity (Wildman–Crippen MR) is 75.6 cm³/mol. The molecule has 2 heteroatoms. The number of nitrogens with zero attached hydrogens (tertiary/aromatic N) is 2. The van der Waals surface area contributed by atoms with E-state index in [1.807, 2.05) is 18.2 Å². The second-order valence-corrected chi connectivity index (χ2v) is 5.29. The van der Waals surface area contributed by atoms with Crippen molar-refractivity contribution in [1.29, 1.82) is 5.26 Å². The minimum atomic E-state index is 0.637. The topological polar surface area (TPSA) is 27.0 Å². The predicted octanol–water partition coefficient (Wildman–Crippen LogP) is 3.96. The van der Waals surface area contributed by atoms with E-state index in [0.29, 0.717) is 6.04 Å².